The molecular weight excluding hydrogens is 222 g/mol. The standard InChI is InChI=1S/C12H15NO4/c14-12(15)4-5-13-9-2-3-10-11(8-9)17-7-1-6-16-10/h2-3,8,13H,1,4-7H2,(H,14,15). The Balaban J connectivity index is 1.99. The zero-order chi connectivity index (χ0) is 12.1. The number of ether oxygens (including phenoxy) is 2. The zero-order valence-electron chi connectivity index (χ0n) is 9.44. The van der Waals surface area contributed by atoms with E-state index in [0.29, 0.717) is 25.5 Å². The Morgan fingerprint density at radius 1 is 1.29 bits per heavy atom. The average Bonchev–Trinajstić information content (AvgIpc) is 2.53. The smallest absolute Gasteiger partial charge is 0.305 e. The predicted molar refractivity (Wildman–Crippen MR) is 62.8 cm³/mol. The second-order valence-corrected chi connectivity index (χ2v) is 3.78. The lowest BCUT2D eigenvalue weighted by atomic mass is 10.2. The van der Waals surface area contributed by atoms with E-state index in [2.05, 4.69) is 5.32 Å². The maximum absolute atomic E-state index is 10.4. The molecule has 5 nitrogen and oxygen atoms in total. The molecule has 0 amide bonds. The van der Waals surface area contributed by atoms with Crippen LogP contribution < -0.4 is 14.8 Å². The second-order valence-electron chi connectivity index (χ2n) is 3.78. The first-order chi connectivity index (χ1) is 8.25. The first kappa shape index (κ1) is 11.6. The number of carboxylic acid groups (broad SMARTS) is 1. The van der Waals surface area contributed by atoms with Crippen LogP contribution in [0.5, 0.6) is 11.5 Å². The molecule has 0 unspecified atom stereocenters. The van der Waals surface area contributed by atoms with Gasteiger partial charge in [0.05, 0.1) is 19.6 Å². The van der Waals surface area contributed by atoms with E-state index in [1.807, 2.05) is 18.2 Å². The Hall–Kier alpha value is -1.91. The molecule has 0 spiro atoms. The summed E-state index contributed by atoms with van der Waals surface area (Å²) in [6.07, 6.45) is 0.963. The molecule has 1 aliphatic rings. The molecule has 0 aromatic heterocycles. The SMILES string of the molecule is O=C(O)CCNc1ccc2c(c1)OCCCO2. The van der Waals surface area contributed by atoms with Crippen molar-refractivity contribution < 1.29 is 19.4 Å². The topological polar surface area (TPSA) is 67.8 Å². The summed E-state index contributed by atoms with van der Waals surface area (Å²) < 4.78 is 11.0. The van der Waals surface area contributed by atoms with Crippen LogP contribution >= 0.6 is 0 Å². The predicted octanol–water partition coefficient (Wildman–Crippen LogP) is 1.73. The van der Waals surface area contributed by atoms with Gasteiger partial charge < -0.3 is 19.9 Å². The summed E-state index contributed by atoms with van der Waals surface area (Å²) in [5, 5.41) is 11.6. The highest BCUT2D eigenvalue weighted by atomic mass is 16.5. The van der Waals surface area contributed by atoms with E-state index < -0.39 is 5.97 Å². The molecule has 0 saturated heterocycles. The molecule has 1 aromatic rings. The molecule has 1 aromatic carbocycles. The maximum Gasteiger partial charge on any atom is 0.305 e. The lowest BCUT2D eigenvalue weighted by molar-refractivity contribution is -0.136. The monoisotopic (exact) mass is 237 g/mol. The van der Waals surface area contributed by atoms with Gasteiger partial charge in [0.25, 0.3) is 0 Å². The van der Waals surface area contributed by atoms with Crippen molar-refractivity contribution in [1.82, 2.24) is 0 Å². The zero-order valence-corrected chi connectivity index (χ0v) is 9.44. The molecule has 5 heteroatoms. The molecule has 2 rings (SSSR count). The van der Waals surface area contributed by atoms with Gasteiger partial charge in [-0.2, -0.15) is 0 Å². The van der Waals surface area contributed by atoms with Crippen LogP contribution in [0.1, 0.15) is 12.8 Å². The van der Waals surface area contributed by atoms with E-state index in [9.17, 15) is 4.79 Å². The van der Waals surface area contributed by atoms with Crippen molar-refractivity contribution in [2.75, 3.05) is 25.1 Å². The summed E-state index contributed by atoms with van der Waals surface area (Å²) in [5.74, 6) is 0.640. The second kappa shape index (κ2) is 5.43. The minimum absolute atomic E-state index is 0.0917. The first-order valence-corrected chi connectivity index (χ1v) is 5.61. The van der Waals surface area contributed by atoms with Crippen molar-refractivity contribution in [2.45, 2.75) is 12.8 Å². The van der Waals surface area contributed by atoms with Crippen molar-refractivity contribution in [1.29, 1.82) is 0 Å². The Labute approximate surface area is 99.3 Å². The molecule has 1 aliphatic heterocycles. The third kappa shape index (κ3) is 3.27. The normalized spacial score (nSPS) is 13.9. The number of hydrogen-bond acceptors (Lipinski definition) is 4. The van der Waals surface area contributed by atoms with Crippen molar-refractivity contribution in [2.24, 2.45) is 0 Å². The lowest BCUT2D eigenvalue weighted by Gasteiger charge is -2.10. The molecular formula is C12H15NO4. The number of carboxylic acids is 1. The number of fused-ring (bicyclic) bond motifs is 1. The highest BCUT2D eigenvalue weighted by molar-refractivity contribution is 5.67. The third-order valence-corrected chi connectivity index (χ3v) is 2.42. The summed E-state index contributed by atoms with van der Waals surface area (Å²) in [4.78, 5) is 10.4. The average molecular weight is 237 g/mol. The Bertz CT molecular complexity index is 405. The van der Waals surface area contributed by atoms with Gasteiger partial charge in [0.15, 0.2) is 11.5 Å². The van der Waals surface area contributed by atoms with Gasteiger partial charge in [0.1, 0.15) is 0 Å². The van der Waals surface area contributed by atoms with Crippen molar-refractivity contribution in [3.8, 4) is 11.5 Å². The van der Waals surface area contributed by atoms with Crippen LogP contribution in [-0.4, -0.2) is 30.8 Å². The van der Waals surface area contributed by atoms with E-state index in [0.717, 1.165) is 17.9 Å². The minimum Gasteiger partial charge on any atom is -0.490 e. The molecule has 17 heavy (non-hydrogen) atoms. The van der Waals surface area contributed by atoms with E-state index in [-0.39, 0.29) is 6.42 Å². The fraction of sp³-hybridized carbons (Fsp3) is 0.417. The summed E-state index contributed by atoms with van der Waals surface area (Å²) in [5.41, 5.74) is 0.843. The van der Waals surface area contributed by atoms with Gasteiger partial charge >= 0.3 is 5.97 Å². The largest absolute Gasteiger partial charge is 0.490 e. The van der Waals surface area contributed by atoms with Crippen molar-refractivity contribution >= 4 is 11.7 Å². The van der Waals surface area contributed by atoms with Crippen LogP contribution in [0.15, 0.2) is 18.2 Å². The van der Waals surface area contributed by atoms with E-state index in [1.165, 1.54) is 0 Å². The molecule has 0 aliphatic carbocycles. The van der Waals surface area contributed by atoms with Crippen molar-refractivity contribution in [3.05, 3.63) is 18.2 Å². The third-order valence-electron chi connectivity index (χ3n) is 2.42. The fourth-order valence-corrected chi connectivity index (χ4v) is 1.59. The van der Waals surface area contributed by atoms with Crippen LogP contribution in [0.3, 0.4) is 0 Å². The first-order valence-electron chi connectivity index (χ1n) is 5.61. The van der Waals surface area contributed by atoms with Gasteiger partial charge in [-0.05, 0) is 12.1 Å². The van der Waals surface area contributed by atoms with Crippen LogP contribution in [0.25, 0.3) is 0 Å². The summed E-state index contributed by atoms with van der Waals surface area (Å²) in [6, 6.07) is 5.53. The highest BCUT2D eigenvalue weighted by Crippen LogP contribution is 2.32. The Morgan fingerprint density at radius 3 is 2.82 bits per heavy atom. The Morgan fingerprint density at radius 2 is 2.06 bits per heavy atom. The van der Waals surface area contributed by atoms with Crippen LogP contribution in [-0.2, 0) is 4.79 Å². The van der Waals surface area contributed by atoms with Gasteiger partial charge in [-0.25, -0.2) is 0 Å². The molecule has 1 heterocycles. The van der Waals surface area contributed by atoms with Crippen molar-refractivity contribution in [3.63, 3.8) is 0 Å². The van der Waals surface area contributed by atoms with Gasteiger partial charge in [0.2, 0.25) is 0 Å². The summed E-state index contributed by atoms with van der Waals surface area (Å²) >= 11 is 0. The van der Waals surface area contributed by atoms with Crippen LogP contribution in [0.4, 0.5) is 5.69 Å². The molecule has 2 N–H and O–H groups in total. The molecule has 92 valence electrons. The molecule has 0 bridgehead atoms. The number of benzene rings is 1. The summed E-state index contributed by atoms with van der Waals surface area (Å²) in [6.45, 7) is 1.71. The van der Waals surface area contributed by atoms with Crippen LogP contribution in [0.2, 0.25) is 0 Å². The molecule has 0 radical (unpaired) electrons. The van der Waals surface area contributed by atoms with Gasteiger partial charge in [-0.1, -0.05) is 0 Å². The number of carbonyl (C=O) groups is 1. The fourth-order valence-electron chi connectivity index (χ4n) is 1.59. The van der Waals surface area contributed by atoms with E-state index >= 15 is 0 Å². The number of hydrogen-bond donors (Lipinski definition) is 2. The highest BCUT2D eigenvalue weighted by Gasteiger charge is 2.10. The van der Waals surface area contributed by atoms with E-state index in [4.69, 9.17) is 14.6 Å². The van der Waals surface area contributed by atoms with Gasteiger partial charge in [-0.15, -0.1) is 0 Å². The quantitative estimate of drug-likeness (QED) is 0.834. The van der Waals surface area contributed by atoms with Crippen LogP contribution in [0, 0.1) is 0 Å². The Kier molecular flexibility index (Phi) is 3.69. The molecule has 0 saturated carbocycles. The van der Waals surface area contributed by atoms with Gasteiger partial charge in [-0.3, -0.25) is 4.79 Å². The number of rotatable bonds is 4. The number of aliphatic carboxylic acids is 1. The number of anilines is 1. The number of nitrogens with one attached hydrogen (secondary N) is 1. The minimum atomic E-state index is -0.813. The molecule has 0 atom stereocenters. The lowest BCUT2D eigenvalue weighted by Crippen LogP contribution is -2.07. The molecule has 0 fully saturated rings. The summed E-state index contributed by atoms with van der Waals surface area (Å²) in [7, 11) is 0. The van der Waals surface area contributed by atoms with E-state index in [1.54, 1.807) is 0 Å². The maximum atomic E-state index is 10.4. The van der Waals surface area contributed by atoms with Gasteiger partial charge in [0, 0.05) is 24.7 Å².